The van der Waals surface area contributed by atoms with Crippen LogP contribution >= 0.6 is 0 Å². The molecule has 2 aromatic carbocycles. The minimum absolute atomic E-state index is 0.212. The second kappa shape index (κ2) is 7.87. The first-order chi connectivity index (χ1) is 13.8. The molecule has 0 fully saturated rings. The number of carbonyl (C=O) groups excluding carboxylic acids is 1. The molecule has 1 N–H and O–H groups in total. The highest BCUT2D eigenvalue weighted by molar-refractivity contribution is 6.09. The van der Waals surface area contributed by atoms with E-state index in [1.165, 1.54) is 0 Å². The van der Waals surface area contributed by atoms with Crippen molar-refractivity contribution in [1.29, 1.82) is 0 Å². The van der Waals surface area contributed by atoms with Crippen molar-refractivity contribution in [3.05, 3.63) is 78.4 Å². The maximum atomic E-state index is 12.9. The third-order valence-corrected chi connectivity index (χ3v) is 4.30. The van der Waals surface area contributed by atoms with Crippen molar-refractivity contribution in [2.75, 3.05) is 6.61 Å². The third-order valence-electron chi connectivity index (χ3n) is 4.30. The van der Waals surface area contributed by atoms with E-state index in [1.54, 1.807) is 23.3 Å². The lowest BCUT2D eigenvalue weighted by molar-refractivity contribution is 0.0948. The fourth-order valence-electron chi connectivity index (χ4n) is 3.02. The third kappa shape index (κ3) is 3.55. The number of hydrogen-bond acceptors (Lipinski definition) is 5. The van der Waals surface area contributed by atoms with E-state index in [9.17, 15) is 4.79 Å². The van der Waals surface area contributed by atoms with Gasteiger partial charge in [-0.15, -0.1) is 5.10 Å². The van der Waals surface area contributed by atoms with Gasteiger partial charge in [0, 0.05) is 6.20 Å². The van der Waals surface area contributed by atoms with Gasteiger partial charge in [-0.1, -0.05) is 35.5 Å². The van der Waals surface area contributed by atoms with Crippen LogP contribution in [-0.4, -0.2) is 32.5 Å². The van der Waals surface area contributed by atoms with E-state index in [1.807, 2.05) is 55.5 Å². The van der Waals surface area contributed by atoms with Crippen LogP contribution in [0.25, 0.3) is 16.5 Å². The fraction of sp³-hybridized carbons (Fsp3) is 0.143. The standard InChI is InChI=1S/C21H19N5O2/c1-2-28-19-10-9-15-6-3-4-8-18(15)20(19)21(27)23-12-16-14-26(25-24-16)17-7-5-11-22-13-17/h3-11,13-14H,2,12H2,1H3,(H,23,27). The summed E-state index contributed by atoms with van der Waals surface area (Å²) in [6, 6.07) is 15.3. The molecule has 0 saturated carbocycles. The summed E-state index contributed by atoms with van der Waals surface area (Å²) >= 11 is 0. The van der Waals surface area contributed by atoms with Gasteiger partial charge in [0.25, 0.3) is 5.91 Å². The Balaban J connectivity index is 1.56. The Morgan fingerprint density at radius 2 is 2.04 bits per heavy atom. The Hall–Kier alpha value is -3.74. The zero-order valence-electron chi connectivity index (χ0n) is 15.4. The first-order valence-electron chi connectivity index (χ1n) is 9.00. The van der Waals surface area contributed by atoms with Crippen LogP contribution in [-0.2, 0) is 6.54 Å². The molecule has 0 unspecified atom stereocenters. The summed E-state index contributed by atoms with van der Waals surface area (Å²) in [5.74, 6) is 0.355. The van der Waals surface area contributed by atoms with Gasteiger partial charge in [0.1, 0.15) is 11.4 Å². The Labute approximate surface area is 162 Å². The van der Waals surface area contributed by atoms with Gasteiger partial charge in [-0.05, 0) is 35.9 Å². The molecule has 0 saturated heterocycles. The second-order valence-corrected chi connectivity index (χ2v) is 6.14. The molecule has 7 nitrogen and oxygen atoms in total. The summed E-state index contributed by atoms with van der Waals surface area (Å²) in [4.78, 5) is 17.0. The lowest BCUT2D eigenvalue weighted by atomic mass is 10.0. The van der Waals surface area contributed by atoms with Gasteiger partial charge in [-0.2, -0.15) is 0 Å². The zero-order valence-corrected chi connectivity index (χ0v) is 15.4. The Bertz CT molecular complexity index is 1110. The van der Waals surface area contributed by atoms with Crippen LogP contribution in [0.3, 0.4) is 0 Å². The average molecular weight is 373 g/mol. The fourth-order valence-corrected chi connectivity index (χ4v) is 3.02. The number of fused-ring (bicyclic) bond motifs is 1. The van der Waals surface area contributed by atoms with Crippen molar-refractivity contribution in [3.8, 4) is 11.4 Å². The number of nitrogens with one attached hydrogen (secondary N) is 1. The van der Waals surface area contributed by atoms with Gasteiger partial charge in [0.2, 0.25) is 0 Å². The summed E-state index contributed by atoms with van der Waals surface area (Å²) < 4.78 is 7.30. The molecule has 0 aliphatic carbocycles. The maximum Gasteiger partial charge on any atom is 0.256 e. The van der Waals surface area contributed by atoms with Gasteiger partial charge >= 0.3 is 0 Å². The van der Waals surface area contributed by atoms with Crippen molar-refractivity contribution >= 4 is 16.7 Å². The van der Waals surface area contributed by atoms with Crippen LogP contribution in [0.5, 0.6) is 5.75 Å². The molecule has 1 amide bonds. The van der Waals surface area contributed by atoms with Gasteiger partial charge in [-0.25, -0.2) is 4.68 Å². The van der Waals surface area contributed by atoms with Crippen LogP contribution in [0, 0.1) is 0 Å². The molecule has 0 aliphatic heterocycles. The smallest absolute Gasteiger partial charge is 0.256 e. The summed E-state index contributed by atoms with van der Waals surface area (Å²) in [7, 11) is 0. The Morgan fingerprint density at radius 3 is 2.86 bits per heavy atom. The normalized spacial score (nSPS) is 10.8. The second-order valence-electron chi connectivity index (χ2n) is 6.14. The highest BCUT2D eigenvalue weighted by atomic mass is 16.5. The maximum absolute atomic E-state index is 12.9. The van der Waals surface area contributed by atoms with Crippen molar-refractivity contribution in [2.45, 2.75) is 13.5 Å². The monoisotopic (exact) mass is 373 g/mol. The van der Waals surface area contributed by atoms with Gasteiger partial charge in [-0.3, -0.25) is 9.78 Å². The number of nitrogens with zero attached hydrogens (tertiary/aromatic N) is 4. The number of hydrogen-bond donors (Lipinski definition) is 1. The van der Waals surface area contributed by atoms with E-state index in [0.29, 0.717) is 23.6 Å². The van der Waals surface area contributed by atoms with Gasteiger partial charge in [0.05, 0.1) is 36.8 Å². The number of ether oxygens (including phenoxy) is 1. The average Bonchev–Trinajstić information content (AvgIpc) is 3.22. The van der Waals surface area contributed by atoms with E-state index in [2.05, 4.69) is 20.6 Å². The van der Waals surface area contributed by atoms with Crippen LogP contribution < -0.4 is 10.1 Å². The molecule has 140 valence electrons. The molecule has 0 spiro atoms. The van der Waals surface area contributed by atoms with E-state index in [-0.39, 0.29) is 12.5 Å². The molecule has 0 radical (unpaired) electrons. The molecule has 0 bridgehead atoms. The molecule has 0 atom stereocenters. The van der Waals surface area contributed by atoms with Crippen molar-refractivity contribution < 1.29 is 9.53 Å². The van der Waals surface area contributed by atoms with Gasteiger partial charge < -0.3 is 10.1 Å². The SMILES string of the molecule is CCOc1ccc2ccccc2c1C(=O)NCc1cn(-c2cccnc2)nn1. The highest BCUT2D eigenvalue weighted by Gasteiger charge is 2.17. The predicted molar refractivity (Wildman–Crippen MR) is 105 cm³/mol. The zero-order chi connectivity index (χ0) is 19.3. The van der Waals surface area contributed by atoms with Crippen molar-refractivity contribution in [3.63, 3.8) is 0 Å². The minimum atomic E-state index is -0.212. The van der Waals surface area contributed by atoms with E-state index < -0.39 is 0 Å². The molecule has 0 aliphatic rings. The quantitative estimate of drug-likeness (QED) is 0.561. The largest absolute Gasteiger partial charge is 0.493 e. The molecular weight excluding hydrogens is 354 g/mol. The summed E-state index contributed by atoms with van der Waals surface area (Å²) in [5.41, 5.74) is 1.98. The first-order valence-corrected chi connectivity index (χ1v) is 9.00. The topological polar surface area (TPSA) is 81.9 Å². The molecule has 7 heteroatoms. The van der Waals surface area contributed by atoms with Crippen LogP contribution in [0.1, 0.15) is 23.0 Å². The molecular formula is C21H19N5O2. The Morgan fingerprint density at radius 1 is 1.14 bits per heavy atom. The summed E-state index contributed by atoms with van der Waals surface area (Å²) in [6.45, 7) is 2.64. The summed E-state index contributed by atoms with van der Waals surface area (Å²) in [5, 5.41) is 13.0. The molecule has 2 heterocycles. The van der Waals surface area contributed by atoms with E-state index >= 15 is 0 Å². The number of benzene rings is 2. The minimum Gasteiger partial charge on any atom is -0.493 e. The Kier molecular flexibility index (Phi) is 4.97. The van der Waals surface area contributed by atoms with E-state index in [4.69, 9.17) is 4.74 Å². The summed E-state index contributed by atoms with van der Waals surface area (Å²) in [6.07, 6.45) is 5.16. The van der Waals surface area contributed by atoms with E-state index in [0.717, 1.165) is 16.5 Å². The molecule has 4 aromatic rings. The van der Waals surface area contributed by atoms with Crippen LogP contribution in [0.2, 0.25) is 0 Å². The number of amides is 1. The number of pyridine rings is 1. The van der Waals surface area contributed by atoms with Crippen molar-refractivity contribution in [1.82, 2.24) is 25.3 Å². The first kappa shape index (κ1) is 17.7. The highest BCUT2D eigenvalue weighted by Crippen LogP contribution is 2.28. The molecule has 4 rings (SSSR count). The predicted octanol–water partition coefficient (Wildman–Crippen LogP) is 3.14. The van der Waals surface area contributed by atoms with Gasteiger partial charge in [0.15, 0.2) is 0 Å². The number of aromatic nitrogens is 4. The number of carbonyl (C=O) groups is 1. The molecule has 28 heavy (non-hydrogen) atoms. The van der Waals surface area contributed by atoms with Crippen LogP contribution in [0.4, 0.5) is 0 Å². The van der Waals surface area contributed by atoms with Crippen LogP contribution in [0.15, 0.2) is 67.1 Å². The lowest BCUT2D eigenvalue weighted by Gasteiger charge is -2.13. The van der Waals surface area contributed by atoms with Crippen molar-refractivity contribution in [2.24, 2.45) is 0 Å². The number of rotatable bonds is 6. The molecule has 2 aromatic heterocycles. The lowest BCUT2D eigenvalue weighted by Crippen LogP contribution is -2.24.